The van der Waals surface area contributed by atoms with Gasteiger partial charge < -0.3 is 28.7 Å². The fourth-order valence-corrected chi connectivity index (χ4v) is 3.42. The second kappa shape index (κ2) is 10.0. The third-order valence-corrected chi connectivity index (χ3v) is 5.03. The molecule has 0 N–H and O–H groups in total. The number of piperazine rings is 1. The Morgan fingerprint density at radius 3 is 2.10 bits per heavy atom. The van der Waals surface area contributed by atoms with Gasteiger partial charge in [0.25, 0.3) is 0 Å². The van der Waals surface area contributed by atoms with Gasteiger partial charge in [0.1, 0.15) is 11.6 Å². The Labute approximate surface area is 182 Å². The fourth-order valence-electron chi connectivity index (χ4n) is 3.42. The SMILES string of the molecule is COc1cc(N2CCN(C(=O)/C=C/c3cc(OC)c(OC)c(OC)c3)CC2)nc(C)n1. The number of aromatic nitrogens is 2. The molecule has 1 amide bonds. The van der Waals surface area contributed by atoms with Crippen molar-refractivity contribution in [3.8, 4) is 23.1 Å². The second-order valence-electron chi connectivity index (χ2n) is 6.92. The van der Waals surface area contributed by atoms with Crippen LogP contribution in [0.3, 0.4) is 0 Å². The van der Waals surface area contributed by atoms with Gasteiger partial charge in [-0.15, -0.1) is 0 Å². The van der Waals surface area contributed by atoms with Crippen molar-refractivity contribution in [2.24, 2.45) is 0 Å². The van der Waals surface area contributed by atoms with E-state index in [4.69, 9.17) is 18.9 Å². The zero-order valence-corrected chi connectivity index (χ0v) is 18.5. The maximum Gasteiger partial charge on any atom is 0.246 e. The van der Waals surface area contributed by atoms with Gasteiger partial charge in [0.2, 0.25) is 17.5 Å². The van der Waals surface area contributed by atoms with Crippen LogP contribution >= 0.6 is 0 Å². The summed E-state index contributed by atoms with van der Waals surface area (Å²) < 4.78 is 21.3. The largest absolute Gasteiger partial charge is 0.493 e. The van der Waals surface area contributed by atoms with Crippen LogP contribution < -0.4 is 23.8 Å². The van der Waals surface area contributed by atoms with E-state index in [9.17, 15) is 4.79 Å². The second-order valence-corrected chi connectivity index (χ2v) is 6.92. The zero-order chi connectivity index (χ0) is 22.4. The number of aryl methyl sites for hydroxylation is 1. The molecule has 1 aromatic carbocycles. The Kier molecular flexibility index (Phi) is 7.17. The number of nitrogens with zero attached hydrogens (tertiary/aromatic N) is 4. The number of rotatable bonds is 7. The highest BCUT2D eigenvalue weighted by Crippen LogP contribution is 2.38. The van der Waals surface area contributed by atoms with Crippen molar-refractivity contribution in [2.75, 3.05) is 59.5 Å². The summed E-state index contributed by atoms with van der Waals surface area (Å²) in [6.45, 7) is 4.40. The van der Waals surface area contributed by atoms with Crippen LogP contribution in [-0.4, -0.2) is 75.4 Å². The summed E-state index contributed by atoms with van der Waals surface area (Å²) in [4.78, 5) is 25.3. The number of carbonyl (C=O) groups is 1. The highest BCUT2D eigenvalue weighted by molar-refractivity contribution is 5.92. The fraction of sp³-hybridized carbons (Fsp3) is 0.409. The highest BCUT2D eigenvalue weighted by atomic mass is 16.5. The number of hydrogen-bond acceptors (Lipinski definition) is 8. The minimum atomic E-state index is -0.0511. The summed E-state index contributed by atoms with van der Waals surface area (Å²) >= 11 is 0. The first-order valence-electron chi connectivity index (χ1n) is 9.90. The molecule has 0 bridgehead atoms. The summed E-state index contributed by atoms with van der Waals surface area (Å²) in [6, 6.07) is 5.41. The first-order valence-corrected chi connectivity index (χ1v) is 9.90. The molecule has 1 aromatic heterocycles. The topological polar surface area (TPSA) is 86.3 Å². The van der Waals surface area contributed by atoms with Gasteiger partial charge >= 0.3 is 0 Å². The van der Waals surface area contributed by atoms with Gasteiger partial charge in [0, 0.05) is 38.3 Å². The smallest absolute Gasteiger partial charge is 0.246 e. The molecular weight excluding hydrogens is 400 g/mol. The average Bonchev–Trinajstić information content (AvgIpc) is 2.81. The molecule has 0 atom stereocenters. The van der Waals surface area contributed by atoms with E-state index in [0.717, 1.165) is 11.4 Å². The normalized spacial score (nSPS) is 14.0. The molecule has 0 radical (unpaired) electrons. The molecule has 1 saturated heterocycles. The first kappa shape index (κ1) is 22.2. The lowest BCUT2D eigenvalue weighted by Gasteiger charge is -2.35. The molecule has 0 spiro atoms. The molecule has 1 aliphatic rings. The number of benzene rings is 1. The van der Waals surface area contributed by atoms with E-state index in [1.54, 1.807) is 52.7 Å². The number of amides is 1. The predicted octanol–water partition coefficient (Wildman–Crippen LogP) is 2.18. The van der Waals surface area contributed by atoms with Gasteiger partial charge in [0.15, 0.2) is 11.5 Å². The van der Waals surface area contributed by atoms with Crippen LogP contribution in [0.25, 0.3) is 6.08 Å². The Morgan fingerprint density at radius 1 is 0.903 bits per heavy atom. The van der Waals surface area contributed by atoms with E-state index in [-0.39, 0.29) is 5.91 Å². The van der Waals surface area contributed by atoms with E-state index in [1.807, 2.05) is 17.9 Å². The van der Waals surface area contributed by atoms with Gasteiger partial charge in [-0.05, 0) is 30.7 Å². The van der Waals surface area contributed by atoms with E-state index < -0.39 is 0 Å². The van der Waals surface area contributed by atoms with Crippen LogP contribution in [-0.2, 0) is 4.79 Å². The Hall–Kier alpha value is -3.49. The quantitative estimate of drug-likeness (QED) is 0.621. The van der Waals surface area contributed by atoms with Crippen LogP contribution in [0.15, 0.2) is 24.3 Å². The molecule has 2 heterocycles. The minimum Gasteiger partial charge on any atom is -0.493 e. The van der Waals surface area contributed by atoms with Crippen molar-refractivity contribution in [3.05, 3.63) is 35.7 Å². The van der Waals surface area contributed by atoms with E-state index in [2.05, 4.69) is 14.9 Å². The van der Waals surface area contributed by atoms with Crippen molar-refractivity contribution in [3.63, 3.8) is 0 Å². The minimum absolute atomic E-state index is 0.0511. The third kappa shape index (κ3) is 5.17. The molecule has 3 rings (SSSR count). The van der Waals surface area contributed by atoms with Crippen LogP contribution in [0.2, 0.25) is 0 Å². The molecule has 9 nitrogen and oxygen atoms in total. The van der Waals surface area contributed by atoms with Crippen LogP contribution in [0.1, 0.15) is 11.4 Å². The summed E-state index contributed by atoms with van der Waals surface area (Å²) in [5.74, 6) is 3.54. The predicted molar refractivity (Wildman–Crippen MR) is 117 cm³/mol. The zero-order valence-electron chi connectivity index (χ0n) is 18.5. The maximum atomic E-state index is 12.7. The van der Waals surface area contributed by atoms with E-state index in [1.165, 1.54) is 0 Å². The number of hydrogen-bond donors (Lipinski definition) is 0. The Bertz CT molecular complexity index is 930. The van der Waals surface area contributed by atoms with Crippen LogP contribution in [0.5, 0.6) is 23.1 Å². The van der Waals surface area contributed by atoms with Crippen LogP contribution in [0, 0.1) is 6.92 Å². The number of methoxy groups -OCH3 is 4. The van der Waals surface area contributed by atoms with Crippen molar-refractivity contribution in [1.82, 2.24) is 14.9 Å². The van der Waals surface area contributed by atoms with E-state index >= 15 is 0 Å². The lowest BCUT2D eigenvalue weighted by molar-refractivity contribution is -0.126. The highest BCUT2D eigenvalue weighted by Gasteiger charge is 2.21. The Balaban J connectivity index is 1.65. The van der Waals surface area contributed by atoms with Crippen molar-refractivity contribution in [1.29, 1.82) is 0 Å². The molecule has 166 valence electrons. The monoisotopic (exact) mass is 428 g/mol. The Morgan fingerprint density at radius 2 is 1.55 bits per heavy atom. The standard InChI is InChI=1S/C22H28N4O5/c1-15-23-19(14-20(24-15)30-4)25-8-10-26(11-9-25)21(27)7-6-16-12-17(28-2)22(31-5)18(13-16)29-3/h6-7,12-14H,8-11H2,1-5H3/b7-6+. The van der Waals surface area contributed by atoms with E-state index in [0.29, 0.717) is 55.1 Å². The summed E-state index contributed by atoms with van der Waals surface area (Å²) in [7, 11) is 6.26. The first-order chi connectivity index (χ1) is 15.0. The van der Waals surface area contributed by atoms with Gasteiger partial charge in [-0.1, -0.05) is 0 Å². The lowest BCUT2D eigenvalue weighted by atomic mass is 10.1. The number of anilines is 1. The number of carbonyl (C=O) groups excluding carboxylic acids is 1. The van der Waals surface area contributed by atoms with Gasteiger partial charge in [0.05, 0.1) is 28.4 Å². The van der Waals surface area contributed by atoms with Gasteiger partial charge in [-0.2, -0.15) is 4.98 Å². The number of ether oxygens (including phenoxy) is 4. The summed E-state index contributed by atoms with van der Waals surface area (Å²) in [5, 5.41) is 0. The van der Waals surface area contributed by atoms with Crippen molar-refractivity contribution in [2.45, 2.75) is 6.92 Å². The molecule has 31 heavy (non-hydrogen) atoms. The lowest BCUT2D eigenvalue weighted by Crippen LogP contribution is -2.48. The molecule has 0 aliphatic carbocycles. The van der Waals surface area contributed by atoms with Crippen LogP contribution in [0.4, 0.5) is 5.82 Å². The average molecular weight is 428 g/mol. The molecule has 9 heteroatoms. The molecule has 1 aliphatic heterocycles. The summed E-state index contributed by atoms with van der Waals surface area (Å²) in [6.07, 6.45) is 3.31. The van der Waals surface area contributed by atoms with Gasteiger partial charge in [-0.3, -0.25) is 4.79 Å². The third-order valence-electron chi connectivity index (χ3n) is 5.03. The summed E-state index contributed by atoms with van der Waals surface area (Å²) in [5.41, 5.74) is 0.782. The van der Waals surface area contributed by atoms with Crippen molar-refractivity contribution < 1.29 is 23.7 Å². The maximum absolute atomic E-state index is 12.7. The molecule has 2 aromatic rings. The molecule has 0 saturated carbocycles. The molecule has 0 unspecified atom stereocenters. The molecular formula is C22H28N4O5. The molecule has 1 fully saturated rings. The van der Waals surface area contributed by atoms with Crippen molar-refractivity contribution >= 4 is 17.8 Å². The van der Waals surface area contributed by atoms with Gasteiger partial charge in [-0.25, -0.2) is 4.98 Å².